The lowest BCUT2D eigenvalue weighted by Gasteiger charge is -2.16. The average molecular weight is 296 g/mol. The number of aromatic nitrogens is 3. The van der Waals surface area contributed by atoms with Gasteiger partial charge in [0.2, 0.25) is 5.91 Å². The van der Waals surface area contributed by atoms with Crippen LogP contribution in [0.1, 0.15) is 25.0 Å². The van der Waals surface area contributed by atoms with Crippen molar-refractivity contribution < 1.29 is 4.79 Å². The second-order valence-electron chi connectivity index (χ2n) is 5.56. The van der Waals surface area contributed by atoms with Crippen molar-refractivity contribution in [3.05, 3.63) is 48.3 Å². The number of hydrogen-bond acceptors (Lipinski definition) is 3. The molecule has 0 spiro atoms. The lowest BCUT2D eigenvalue weighted by Crippen LogP contribution is -2.30. The highest BCUT2D eigenvalue weighted by Gasteiger charge is 2.18. The smallest absolute Gasteiger partial charge is 0.223 e. The van der Waals surface area contributed by atoms with E-state index in [1.165, 1.54) is 0 Å². The Kier molecular flexibility index (Phi) is 4.32. The van der Waals surface area contributed by atoms with E-state index in [0.29, 0.717) is 6.54 Å². The number of nitrogens with one attached hydrogen (secondary N) is 1. The van der Waals surface area contributed by atoms with Gasteiger partial charge in [-0.1, -0.05) is 18.2 Å². The Balaban J connectivity index is 1.64. The van der Waals surface area contributed by atoms with Crippen LogP contribution in [0.15, 0.2) is 42.6 Å². The molecule has 5 heteroatoms. The monoisotopic (exact) mass is 296 g/mol. The van der Waals surface area contributed by atoms with Crippen LogP contribution in [0.3, 0.4) is 0 Å². The molecule has 1 atom stereocenters. The molecule has 1 amide bonds. The summed E-state index contributed by atoms with van der Waals surface area (Å²) in [6.45, 7) is 0.458. The number of aryl methyl sites for hydroxylation is 1. The highest BCUT2D eigenvalue weighted by molar-refractivity contribution is 5.78. The standard InChI is InChI=1S/C17H20N4O/c1-21-16(15-9-5-6-10-18-15)11-14(20-21)12-19-17(22)13-7-3-2-4-8-13/h2-3,5-6,9-11,13H,4,7-8,12H2,1H3,(H,19,22)/t13-/m1/s1. The van der Waals surface area contributed by atoms with Crippen molar-refractivity contribution in [3.63, 3.8) is 0 Å². The number of rotatable bonds is 4. The predicted molar refractivity (Wildman–Crippen MR) is 84.8 cm³/mol. The fourth-order valence-electron chi connectivity index (χ4n) is 2.72. The zero-order valence-corrected chi connectivity index (χ0v) is 12.7. The molecule has 2 heterocycles. The molecule has 2 aromatic rings. The highest BCUT2D eigenvalue weighted by atomic mass is 16.1. The van der Waals surface area contributed by atoms with Gasteiger partial charge < -0.3 is 5.32 Å². The summed E-state index contributed by atoms with van der Waals surface area (Å²) >= 11 is 0. The van der Waals surface area contributed by atoms with Gasteiger partial charge in [0, 0.05) is 19.2 Å². The van der Waals surface area contributed by atoms with E-state index >= 15 is 0 Å². The average Bonchev–Trinajstić information content (AvgIpc) is 2.95. The van der Waals surface area contributed by atoms with Crippen LogP contribution < -0.4 is 5.32 Å². The van der Waals surface area contributed by atoms with E-state index in [2.05, 4.69) is 27.6 Å². The molecule has 1 N–H and O–H groups in total. The van der Waals surface area contributed by atoms with Crippen molar-refractivity contribution in [1.82, 2.24) is 20.1 Å². The van der Waals surface area contributed by atoms with Gasteiger partial charge in [0.15, 0.2) is 0 Å². The topological polar surface area (TPSA) is 59.8 Å². The fourth-order valence-corrected chi connectivity index (χ4v) is 2.72. The number of carbonyl (C=O) groups excluding carboxylic acids is 1. The Morgan fingerprint density at radius 3 is 3.05 bits per heavy atom. The van der Waals surface area contributed by atoms with E-state index in [-0.39, 0.29) is 11.8 Å². The predicted octanol–water partition coefficient (Wildman–Crippen LogP) is 2.45. The third-order valence-corrected chi connectivity index (χ3v) is 3.94. The van der Waals surface area contributed by atoms with Gasteiger partial charge in [0.1, 0.15) is 0 Å². The van der Waals surface area contributed by atoms with Crippen molar-refractivity contribution in [2.45, 2.75) is 25.8 Å². The minimum atomic E-state index is 0.101. The first-order valence-electron chi connectivity index (χ1n) is 7.61. The van der Waals surface area contributed by atoms with Crippen LogP contribution in [0.2, 0.25) is 0 Å². The molecule has 0 unspecified atom stereocenters. The summed E-state index contributed by atoms with van der Waals surface area (Å²) in [7, 11) is 1.89. The minimum Gasteiger partial charge on any atom is -0.350 e. The molecule has 3 rings (SSSR count). The zero-order valence-electron chi connectivity index (χ0n) is 12.7. The van der Waals surface area contributed by atoms with Gasteiger partial charge in [-0.3, -0.25) is 14.5 Å². The molecule has 0 fully saturated rings. The molecular formula is C17H20N4O. The fraction of sp³-hybridized carbons (Fsp3) is 0.353. The number of pyridine rings is 1. The van der Waals surface area contributed by atoms with E-state index in [4.69, 9.17) is 0 Å². The van der Waals surface area contributed by atoms with Crippen LogP contribution in [0.5, 0.6) is 0 Å². The summed E-state index contributed by atoms with van der Waals surface area (Å²) in [5.41, 5.74) is 2.68. The first-order valence-corrected chi connectivity index (χ1v) is 7.61. The third kappa shape index (κ3) is 3.24. The van der Waals surface area contributed by atoms with Crippen LogP contribution >= 0.6 is 0 Å². The van der Waals surface area contributed by atoms with Crippen LogP contribution in [0.25, 0.3) is 11.4 Å². The maximum atomic E-state index is 12.1. The molecule has 0 saturated heterocycles. The largest absolute Gasteiger partial charge is 0.350 e. The summed E-state index contributed by atoms with van der Waals surface area (Å²) in [5.74, 6) is 0.221. The highest BCUT2D eigenvalue weighted by Crippen LogP contribution is 2.19. The SMILES string of the molecule is Cn1nc(CNC(=O)[C@@H]2CC=CCC2)cc1-c1ccccn1. The van der Waals surface area contributed by atoms with Gasteiger partial charge in [-0.05, 0) is 37.5 Å². The summed E-state index contributed by atoms with van der Waals surface area (Å²) in [6.07, 6.45) is 8.76. The van der Waals surface area contributed by atoms with Crippen molar-refractivity contribution in [3.8, 4) is 11.4 Å². The molecule has 114 valence electrons. The van der Waals surface area contributed by atoms with E-state index in [1.54, 1.807) is 10.9 Å². The van der Waals surface area contributed by atoms with E-state index in [0.717, 1.165) is 36.3 Å². The number of amides is 1. The van der Waals surface area contributed by atoms with Gasteiger partial charge in [0.05, 0.1) is 23.6 Å². The summed E-state index contributed by atoms with van der Waals surface area (Å²) in [6, 6.07) is 7.77. The first-order chi connectivity index (χ1) is 10.7. The molecule has 0 aromatic carbocycles. The van der Waals surface area contributed by atoms with Gasteiger partial charge in [-0.2, -0.15) is 5.10 Å². The Morgan fingerprint density at radius 2 is 2.32 bits per heavy atom. The molecule has 1 aliphatic carbocycles. The maximum absolute atomic E-state index is 12.1. The lowest BCUT2D eigenvalue weighted by molar-refractivity contribution is -0.125. The minimum absolute atomic E-state index is 0.101. The Labute approximate surface area is 130 Å². The zero-order chi connectivity index (χ0) is 15.4. The molecule has 1 aliphatic rings. The summed E-state index contributed by atoms with van der Waals surface area (Å²) < 4.78 is 1.80. The van der Waals surface area contributed by atoms with E-state index in [9.17, 15) is 4.79 Å². The molecule has 0 saturated carbocycles. The lowest BCUT2D eigenvalue weighted by atomic mass is 9.94. The van der Waals surface area contributed by atoms with Crippen molar-refractivity contribution in [2.24, 2.45) is 13.0 Å². The van der Waals surface area contributed by atoms with E-state index in [1.807, 2.05) is 31.3 Å². The van der Waals surface area contributed by atoms with Gasteiger partial charge in [-0.15, -0.1) is 0 Å². The van der Waals surface area contributed by atoms with Crippen molar-refractivity contribution in [1.29, 1.82) is 0 Å². The normalized spacial score (nSPS) is 17.4. The number of allylic oxidation sites excluding steroid dienone is 2. The molecule has 22 heavy (non-hydrogen) atoms. The Hall–Kier alpha value is -2.43. The molecule has 0 aliphatic heterocycles. The van der Waals surface area contributed by atoms with Crippen molar-refractivity contribution in [2.75, 3.05) is 0 Å². The van der Waals surface area contributed by atoms with Crippen LogP contribution in [0, 0.1) is 5.92 Å². The molecule has 0 bridgehead atoms. The Bertz CT molecular complexity index is 675. The number of hydrogen-bond donors (Lipinski definition) is 1. The number of carbonyl (C=O) groups is 1. The van der Waals surface area contributed by atoms with Gasteiger partial charge in [-0.25, -0.2) is 0 Å². The molecule has 2 aromatic heterocycles. The van der Waals surface area contributed by atoms with Crippen LogP contribution in [-0.2, 0) is 18.4 Å². The first kappa shape index (κ1) is 14.5. The third-order valence-electron chi connectivity index (χ3n) is 3.94. The van der Waals surface area contributed by atoms with Crippen molar-refractivity contribution >= 4 is 5.91 Å². The number of nitrogens with zero attached hydrogens (tertiary/aromatic N) is 3. The second kappa shape index (κ2) is 6.56. The quantitative estimate of drug-likeness (QED) is 0.882. The Morgan fingerprint density at radius 1 is 1.41 bits per heavy atom. The second-order valence-corrected chi connectivity index (χ2v) is 5.56. The summed E-state index contributed by atoms with van der Waals surface area (Å²) in [5, 5.41) is 7.44. The van der Waals surface area contributed by atoms with Gasteiger partial charge in [0.25, 0.3) is 0 Å². The van der Waals surface area contributed by atoms with E-state index < -0.39 is 0 Å². The molecular weight excluding hydrogens is 276 g/mol. The molecule has 0 radical (unpaired) electrons. The van der Waals surface area contributed by atoms with Gasteiger partial charge >= 0.3 is 0 Å². The summed E-state index contributed by atoms with van der Waals surface area (Å²) in [4.78, 5) is 16.5. The maximum Gasteiger partial charge on any atom is 0.223 e. The van der Waals surface area contributed by atoms with Crippen LogP contribution in [-0.4, -0.2) is 20.7 Å². The molecule has 5 nitrogen and oxygen atoms in total. The van der Waals surface area contributed by atoms with Crippen LogP contribution in [0.4, 0.5) is 0 Å².